The molecule has 0 amide bonds. The Bertz CT molecular complexity index is 1740. The van der Waals surface area contributed by atoms with Crippen LogP contribution in [0.25, 0.3) is 21.8 Å². The summed E-state index contributed by atoms with van der Waals surface area (Å²) in [6.07, 6.45) is 1.34. The summed E-state index contributed by atoms with van der Waals surface area (Å²) in [6.45, 7) is 5.21. The maximum Gasteiger partial charge on any atom is 0.163 e. The number of nitrogens with zero attached hydrogens (tertiary/aromatic N) is 1. The van der Waals surface area contributed by atoms with E-state index in [0.29, 0.717) is 6.42 Å². The first-order valence-electron chi connectivity index (χ1n) is 13.6. The number of allylic oxidation sites excluding steroid dienone is 1. The Balaban J connectivity index is 1.38. The van der Waals surface area contributed by atoms with E-state index in [1.165, 1.54) is 32.9 Å². The number of carbonyl (C=O) groups is 1. The van der Waals surface area contributed by atoms with Gasteiger partial charge in [-0.1, -0.05) is 66.2 Å². The summed E-state index contributed by atoms with van der Waals surface area (Å²) in [4.78, 5) is 14.0. The van der Waals surface area contributed by atoms with Crippen LogP contribution in [-0.4, -0.2) is 10.4 Å². The minimum atomic E-state index is -0.222. The predicted molar refractivity (Wildman–Crippen MR) is 157 cm³/mol. The Morgan fingerprint density at radius 2 is 1.50 bits per heavy atom. The number of aryl methyl sites for hydroxylation is 2. The summed E-state index contributed by atoms with van der Waals surface area (Å²) >= 11 is 0. The molecule has 0 fully saturated rings. The highest BCUT2D eigenvalue weighted by atomic mass is 16.1. The van der Waals surface area contributed by atoms with E-state index < -0.39 is 0 Å². The minimum Gasteiger partial charge on any atom is -0.372 e. The average Bonchev–Trinajstić information content (AvgIpc) is 3.15. The van der Waals surface area contributed by atoms with E-state index in [2.05, 4.69) is 108 Å². The fourth-order valence-corrected chi connectivity index (χ4v) is 6.41. The molecule has 7 rings (SSSR count). The zero-order valence-electron chi connectivity index (χ0n) is 21.8. The second kappa shape index (κ2) is 8.91. The van der Waals surface area contributed by atoms with Gasteiger partial charge in [-0.25, -0.2) is 0 Å². The monoisotopic (exact) mass is 497 g/mol. The Labute approximate surface area is 223 Å². The van der Waals surface area contributed by atoms with E-state index in [1.807, 2.05) is 12.1 Å². The number of para-hydroxylation sites is 3. The van der Waals surface area contributed by atoms with Crippen LogP contribution in [-0.2, 0) is 11.3 Å². The molecule has 0 saturated heterocycles. The third-order valence-electron chi connectivity index (χ3n) is 8.30. The van der Waals surface area contributed by atoms with Crippen molar-refractivity contribution in [2.45, 2.75) is 45.2 Å². The molecule has 0 spiro atoms. The molecule has 2 heterocycles. The van der Waals surface area contributed by atoms with Crippen LogP contribution in [0.3, 0.4) is 0 Å². The van der Waals surface area contributed by atoms with Crippen molar-refractivity contribution in [3.05, 3.63) is 119 Å². The molecule has 0 radical (unpaired) electrons. The highest BCUT2D eigenvalue weighted by molar-refractivity contribution is 6.08. The number of anilines is 2. The molecular formula is C34H31N3O. The molecule has 4 aromatic carbocycles. The quantitative estimate of drug-likeness (QED) is 0.265. The fourth-order valence-electron chi connectivity index (χ4n) is 6.41. The van der Waals surface area contributed by atoms with Gasteiger partial charge < -0.3 is 15.2 Å². The number of nitrogens with one attached hydrogen (secondary N) is 2. The first-order valence-corrected chi connectivity index (χ1v) is 13.6. The van der Waals surface area contributed by atoms with E-state index in [1.54, 1.807) is 0 Å². The largest absolute Gasteiger partial charge is 0.372 e. The summed E-state index contributed by atoms with van der Waals surface area (Å²) in [5.74, 6) is 0.385. The molecule has 38 heavy (non-hydrogen) atoms. The van der Waals surface area contributed by atoms with Crippen LogP contribution in [0.15, 0.2) is 102 Å². The lowest BCUT2D eigenvalue weighted by atomic mass is 9.78. The number of hydrogen-bond donors (Lipinski definition) is 2. The van der Waals surface area contributed by atoms with Crippen molar-refractivity contribution in [1.29, 1.82) is 0 Å². The van der Waals surface area contributed by atoms with Crippen molar-refractivity contribution in [2.75, 3.05) is 10.6 Å². The van der Waals surface area contributed by atoms with Crippen LogP contribution >= 0.6 is 0 Å². The van der Waals surface area contributed by atoms with Crippen LogP contribution in [0.1, 0.15) is 48.4 Å². The maximum atomic E-state index is 14.0. The number of ketones is 1. The van der Waals surface area contributed by atoms with Crippen LogP contribution in [0.2, 0.25) is 0 Å². The van der Waals surface area contributed by atoms with Crippen molar-refractivity contribution >= 4 is 39.0 Å². The van der Waals surface area contributed by atoms with Crippen molar-refractivity contribution in [1.82, 2.24) is 4.57 Å². The van der Waals surface area contributed by atoms with Crippen LogP contribution in [0.5, 0.6) is 0 Å². The molecule has 2 unspecified atom stereocenters. The maximum absolute atomic E-state index is 14.0. The number of aromatic nitrogens is 1. The van der Waals surface area contributed by atoms with E-state index in [0.717, 1.165) is 41.2 Å². The van der Waals surface area contributed by atoms with Gasteiger partial charge in [-0.15, -0.1) is 0 Å². The molecule has 2 aliphatic rings. The smallest absolute Gasteiger partial charge is 0.163 e. The summed E-state index contributed by atoms with van der Waals surface area (Å²) in [6, 6.07) is 32.0. The van der Waals surface area contributed by atoms with Crippen molar-refractivity contribution in [3.63, 3.8) is 0 Å². The summed E-state index contributed by atoms with van der Waals surface area (Å²) in [5.41, 5.74) is 9.99. The lowest BCUT2D eigenvalue weighted by molar-refractivity contribution is -0.116. The van der Waals surface area contributed by atoms with Gasteiger partial charge in [0.15, 0.2) is 5.78 Å². The number of rotatable bonds is 3. The summed E-state index contributed by atoms with van der Waals surface area (Å²) in [5, 5.41) is 9.91. The zero-order chi connectivity index (χ0) is 25.8. The average molecular weight is 498 g/mol. The molecular weight excluding hydrogens is 466 g/mol. The third-order valence-corrected chi connectivity index (χ3v) is 8.30. The first kappa shape index (κ1) is 22.9. The number of hydrogen-bond acceptors (Lipinski definition) is 3. The number of carbonyl (C=O) groups excluding carboxylic acids is 1. The van der Waals surface area contributed by atoms with Gasteiger partial charge in [-0.3, -0.25) is 4.79 Å². The van der Waals surface area contributed by atoms with Crippen molar-refractivity contribution in [2.24, 2.45) is 0 Å². The normalized spacial score (nSPS) is 19.1. The Morgan fingerprint density at radius 1 is 0.789 bits per heavy atom. The summed E-state index contributed by atoms with van der Waals surface area (Å²) in [7, 11) is 0. The first-order chi connectivity index (χ1) is 18.6. The Kier molecular flexibility index (Phi) is 5.36. The molecule has 2 atom stereocenters. The minimum absolute atomic E-state index is 0.172. The Hall–Kier alpha value is -4.31. The van der Waals surface area contributed by atoms with Gasteiger partial charge >= 0.3 is 0 Å². The second-order valence-corrected chi connectivity index (χ2v) is 10.6. The lowest BCUT2D eigenvalue weighted by Crippen LogP contribution is -2.26. The topological polar surface area (TPSA) is 46.1 Å². The van der Waals surface area contributed by atoms with Gasteiger partial charge in [-0.2, -0.15) is 0 Å². The molecule has 4 heteroatoms. The van der Waals surface area contributed by atoms with Gasteiger partial charge in [0.05, 0.1) is 17.4 Å². The molecule has 2 N–H and O–H groups in total. The molecule has 0 bridgehead atoms. The molecule has 1 aliphatic heterocycles. The summed E-state index contributed by atoms with van der Waals surface area (Å²) < 4.78 is 2.37. The molecule has 5 aromatic rings. The molecule has 188 valence electrons. The van der Waals surface area contributed by atoms with Gasteiger partial charge in [0, 0.05) is 46.0 Å². The van der Waals surface area contributed by atoms with Gasteiger partial charge in [-0.05, 0) is 67.6 Å². The van der Waals surface area contributed by atoms with E-state index >= 15 is 0 Å². The van der Waals surface area contributed by atoms with Gasteiger partial charge in [0.1, 0.15) is 0 Å². The third kappa shape index (κ3) is 3.63. The van der Waals surface area contributed by atoms with Gasteiger partial charge in [0.25, 0.3) is 0 Å². The standard InChI is InChI=1S/C34H31N3O/c1-3-37-30-11-7-4-8-25(30)26-18-23(16-17-31(26)37)34-33-29(35-27-9-5-6-10-28(27)36-34)19-24(20-32(33)38)22-14-12-21(2)13-15-22/h4-18,24,34-36H,3,19-20H2,1-2H3. The fraction of sp³-hybridized carbons (Fsp3) is 0.206. The van der Waals surface area contributed by atoms with E-state index in [4.69, 9.17) is 0 Å². The molecule has 1 aromatic heterocycles. The van der Waals surface area contributed by atoms with Crippen molar-refractivity contribution in [3.8, 4) is 0 Å². The highest BCUT2D eigenvalue weighted by Crippen LogP contribution is 2.45. The highest BCUT2D eigenvalue weighted by Gasteiger charge is 2.36. The number of Topliss-reactive ketones (excluding diaryl/α,β-unsaturated/α-hetero) is 1. The predicted octanol–water partition coefficient (Wildman–Crippen LogP) is 8.10. The SMILES string of the molecule is CCn1c2ccccc2c2cc(C3Nc4ccccc4NC4=C3C(=O)CC(c3ccc(C)cc3)C4)ccc21. The van der Waals surface area contributed by atoms with Crippen LogP contribution < -0.4 is 10.6 Å². The lowest BCUT2D eigenvalue weighted by Gasteiger charge is -2.30. The molecule has 0 saturated carbocycles. The zero-order valence-corrected chi connectivity index (χ0v) is 21.8. The Morgan fingerprint density at radius 3 is 2.32 bits per heavy atom. The van der Waals surface area contributed by atoms with Crippen LogP contribution in [0, 0.1) is 6.92 Å². The number of benzene rings is 4. The molecule has 1 aliphatic carbocycles. The van der Waals surface area contributed by atoms with E-state index in [-0.39, 0.29) is 17.7 Å². The van der Waals surface area contributed by atoms with Gasteiger partial charge in [0.2, 0.25) is 0 Å². The molecule has 4 nitrogen and oxygen atoms in total. The second-order valence-electron chi connectivity index (χ2n) is 10.6. The van der Waals surface area contributed by atoms with E-state index in [9.17, 15) is 4.79 Å². The number of fused-ring (bicyclic) bond motifs is 4. The van der Waals surface area contributed by atoms with Crippen molar-refractivity contribution < 1.29 is 4.79 Å². The van der Waals surface area contributed by atoms with Crippen LogP contribution in [0.4, 0.5) is 11.4 Å².